The highest BCUT2D eigenvalue weighted by atomic mass is 32.2. The second-order valence-corrected chi connectivity index (χ2v) is 4.64. The van der Waals surface area contributed by atoms with Crippen LogP contribution in [0.15, 0.2) is 0 Å². The lowest BCUT2D eigenvalue weighted by atomic mass is 10.3. The van der Waals surface area contributed by atoms with Crippen LogP contribution in [0.25, 0.3) is 0 Å². The topological polar surface area (TPSA) is 119 Å². The normalized spacial score (nSPS) is 12.0. The van der Waals surface area contributed by atoms with Crippen LogP contribution < -0.4 is 16.6 Å². The van der Waals surface area contributed by atoms with Gasteiger partial charge in [-0.15, -0.1) is 0 Å². The number of aryl methyl sites for hydroxylation is 1. The standard InChI is InChI=1S/C9H16N6O2S/c1-5(4-18-3)11-8-7(15(16)17)6(2)12-9(13-8)14-10/h5H,4,10H2,1-3H3,(H2,11,12,13,14). The molecule has 0 spiro atoms. The van der Waals surface area contributed by atoms with Crippen molar-refractivity contribution >= 4 is 29.2 Å². The molecule has 100 valence electrons. The van der Waals surface area contributed by atoms with Gasteiger partial charge in [0.25, 0.3) is 0 Å². The summed E-state index contributed by atoms with van der Waals surface area (Å²) in [7, 11) is 0. The smallest absolute Gasteiger partial charge is 0.332 e. The van der Waals surface area contributed by atoms with Crippen molar-refractivity contribution in [2.75, 3.05) is 22.8 Å². The van der Waals surface area contributed by atoms with E-state index in [9.17, 15) is 10.1 Å². The van der Waals surface area contributed by atoms with E-state index in [0.717, 1.165) is 5.75 Å². The minimum absolute atomic E-state index is 0.0543. The highest BCUT2D eigenvalue weighted by Crippen LogP contribution is 2.27. The Morgan fingerprint density at radius 2 is 2.22 bits per heavy atom. The number of aromatic nitrogens is 2. The number of hydrogen-bond acceptors (Lipinski definition) is 8. The van der Waals surface area contributed by atoms with Crippen molar-refractivity contribution in [1.29, 1.82) is 0 Å². The molecule has 0 aliphatic heterocycles. The van der Waals surface area contributed by atoms with Crippen LogP contribution in [0.2, 0.25) is 0 Å². The minimum atomic E-state index is -0.496. The van der Waals surface area contributed by atoms with Crippen LogP contribution in [0.5, 0.6) is 0 Å². The zero-order chi connectivity index (χ0) is 13.7. The van der Waals surface area contributed by atoms with Gasteiger partial charge in [0.05, 0.1) is 4.92 Å². The van der Waals surface area contributed by atoms with Crippen LogP contribution in [-0.2, 0) is 0 Å². The number of rotatable bonds is 6. The molecular weight excluding hydrogens is 256 g/mol. The van der Waals surface area contributed by atoms with Gasteiger partial charge in [-0.2, -0.15) is 16.7 Å². The van der Waals surface area contributed by atoms with Crippen molar-refractivity contribution in [2.24, 2.45) is 5.84 Å². The fraction of sp³-hybridized carbons (Fsp3) is 0.556. The summed E-state index contributed by atoms with van der Waals surface area (Å²) in [5.74, 6) is 6.37. The molecule has 1 atom stereocenters. The Hall–Kier alpha value is -1.61. The van der Waals surface area contributed by atoms with Crippen molar-refractivity contribution in [3.8, 4) is 0 Å². The van der Waals surface area contributed by atoms with E-state index < -0.39 is 4.92 Å². The summed E-state index contributed by atoms with van der Waals surface area (Å²) in [4.78, 5) is 18.4. The van der Waals surface area contributed by atoms with Crippen molar-refractivity contribution in [3.05, 3.63) is 15.8 Å². The maximum Gasteiger partial charge on any atom is 0.332 e. The number of nitrogen functional groups attached to an aromatic ring is 1. The molecule has 0 saturated heterocycles. The average molecular weight is 272 g/mol. The second kappa shape index (κ2) is 6.36. The first-order valence-corrected chi connectivity index (χ1v) is 6.64. The van der Waals surface area contributed by atoms with E-state index in [1.165, 1.54) is 0 Å². The quantitative estimate of drug-likeness (QED) is 0.400. The Labute approximate surface area is 109 Å². The van der Waals surface area contributed by atoms with E-state index in [-0.39, 0.29) is 29.2 Å². The molecular formula is C9H16N6O2S. The Morgan fingerprint density at radius 3 is 2.72 bits per heavy atom. The summed E-state index contributed by atoms with van der Waals surface area (Å²) in [5.41, 5.74) is 2.43. The molecule has 0 amide bonds. The maximum absolute atomic E-state index is 11.0. The van der Waals surface area contributed by atoms with E-state index in [1.54, 1.807) is 18.7 Å². The van der Waals surface area contributed by atoms with Gasteiger partial charge >= 0.3 is 5.69 Å². The summed E-state index contributed by atoms with van der Waals surface area (Å²) < 4.78 is 0. The minimum Gasteiger partial charge on any atom is -0.361 e. The highest BCUT2D eigenvalue weighted by molar-refractivity contribution is 7.98. The van der Waals surface area contributed by atoms with Gasteiger partial charge in [0.1, 0.15) is 5.69 Å². The molecule has 1 unspecified atom stereocenters. The van der Waals surface area contributed by atoms with Crippen LogP contribution in [0.1, 0.15) is 12.6 Å². The molecule has 0 saturated carbocycles. The molecule has 9 heteroatoms. The van der Waals surface area contributed by atoms with Crippen molar-refractivity contribution in [1.82, 2.24) is 9.97 Å². The SMILES string of the molecule is CSCC(C)Nc1nc(NN)nc(C)c1[N+](=O)[O-]. The Bertz CT molecular complexity index is 441. The van der Waals surface area contributed by atoms with Gasteiger partial charge in [0.15, 0.2) is 0 Å². The van der Waals surface area contributed by atoms with Crippen molar-refractivity contribution in [2.45, 2.75) is 19.9 Å². The molecule has 18 heavy (non-hydrogen) atoms. The fourth-order valence-corrected chi connectivity index (χ4v) is 2.06. The largest absolute Gasteiger partial charge is 0.361 e. The number of nitrogens with zero attached hydrogens (tertiary/aromatic N) is 3. The van der Waals surface area contributed by atoms with Crippen molar-refractivity contribution in [3.63, 3.8) is 0 Å². The Balaban J connectivity index is 3.13. The predicted molar refractivity (Wildman–Crippen MR) is 72.7 cm³/mol. The number of hydrazine groups is 1. The van der Waals surface area contributed by atoms with Gasteiger partial charge in [-0.1, -0.05) is 0 Å². The fourth-order valence-electron chi connectivity index (χ4n) is 1.48. The lowest BCUT2D eigenvalue weighted by Crippen LogP contribution is -2.21. The van der Waals surface area contributed by atoms with E-state index in [4.69, 9.17) is 5.84 Å². The van der Waals surface area contributed by atoms with Crippen LogP contribution >= 0.6 is 11.8 Å². The third-order valence-electron chi connectivity index (χ3n) is 2.17. The Morgan fingerprint density at radius 1 is 1.56 bits per heavy atom. The molecule has 0 radical (unpaired) electrons. The number of nitrogens with two attached hydrogens (primary N) is 1. The summed E-state index contributed by atoms with van der Waals surface area (Å²) in [6.45, 7) is 3.47. The van der Waals surface area contributed by atoms with Gasteiger partial charge in [-0.3, -0.25) is 15.5 Å². The molecule has 1 heterocycles. The summed E-state index contributed by atoms with van der Waals surface area (Å²) in [5, 5.41) is 14.0. The van der Waals surface area contributed by atoms with E-state index in [2.05, 4.69) is 20.7 Å². The number of nitro groups is 1. The lowest BCUT2D eigenvalue weighted by Gasteiger charge is -2.14. The van der Waals surface area contributed by atoms with Gasteiger partial charge in [-0.25, -0.2) is 10.8 Å². The van der Waals surface area contributed by atoms with Crippen LogP contribution in [0.4, 0.5) is 17.5 Å². The molecule has 0 fully saturated rings. The molecule has 8 nitrogen and oxygen atoms in total. The first-order chi connectivity index (χ1) is 8.49. The van der Waals surface area contributed by atoms with Crippen molar-refractivity contribution < 1.29 is 4.92 Å². The molecule has 1 rings (SSSR count). The number of anilines is 2. The van der Waals surface area contributed by atoms with Gasteiger partial charge in [0.2, 0.25) is 11.8 Å². The second-order valence-electron chi connectivity index (χ2n) is 3.73. The lowest BCUT2D eigenvalue weighted by molar-refractivity contribution is -0.385. The van der Waals surface area contributed by atoms with Gasteiger partial charge < -0.3 is 5.32 Å². The zero-order valence-corrected chi connectivity index (χ0v) is 11.2. The number of nitrogens with one attached hydrogen (secondary N) is 2. The maximum atomic E-state index is 11.0. The number of hydrogen-bond donors (Lipinski definition) is 3. The third kappa shape index (κ3) is 3.44. The molecule has 1 aromatic heterocycles. The molecule has 1 aromatic rings. The van der Waals surface area contributed by atoms with Gasteiger partial charge in [0, 0.05) is 11.8 Å². The van der Waals surface area contributed by atoms with E-state index in [1.807, 2.05) is 13.2 Å². The zero-order valence-electron chi connectivity index (χ0n) is 10.4. The summed E-state index contributed by atoms with van der Waals surface area (Å²) >= 11 is 1.64. The molecule has 0 aromatic carbocycles. The number of thioether (sulfide) groups is 1. The molecule has 0 aliphatic carbocycles. The van der Waals surface area contributed by atoms with Crippen LogP contribution in [0, 0.1) is 17.0 Å². The highest BCUT2D eigenvalue weighted by Gasteiger charge is 2.22. The third-order valence-corrected chi connectivity index (χ3v) is 3.00. The molecule has 4 N–H and O–H groups in total. The van der Waals surface area contributed by atoms with Gasteiger partial charge in [-0.05, 0) is 20.1 Å². The molecule has 0 bridgehead atoms. The monoisotopic (exact) mass is 272 g/mol. The van der Waals surface area contributed by atoms with Crippen LogP contribution in [-0.4, -0.2) is 32.9 Å². The first kappa shape index (κ1) is 14.5. The first-order valence-electron chi connectivity index (χ1n) is 5.24. The Kier molecular flexibility index (Phi) is 5.10. The van der Waals surface area contributed by atoms with Crippen LogP contribution in [0.3, 0.4) is 0 Å². The van der Waals surface area contributed by atoms with E-state index >= 15 is 0 Å². The molecule has 0 aliphatic rings. The predicted octanol–water partition coefficient (Wildman–Crippen LogP) is 1.14. The van der Waals surface area contributed by atoms with E-state index in [0.29, 0.717) is 0 Å². The summed E-state index contributed by atoms with van der Waals surface area (Å²) in [6, 6.07) is 0.0543. The average Bonchev–Trinajstić information content (AvgIpc) is 2.27. The summed E-state index contributed by atoms with van der Waals surface area (Å²) in [6.07, 6.45) is 1.96.